The van der Waals surface area contributed by atoms with Gasteiger partial charge in [0.05, 0.1) is 12.5 Å². The molecule has 0 saturated carbocycles. The number of methoxy groups -OCH3 is 1. The van der Waals surface area contributed by atoms with Gasteiger partial charge in [-0.05, 0) is 19.3 Å². The maximum absolute atomic E-state index is 12.1. The van der Waals surface area contributed by atoms with Crippen molar-refractivity contribution in [2.45, 2.75) is 31.7 Å². The minimum absolute atomic E-state index is 0.0221. The zero-order chi connectivity index (χ0) is 14.8. The zero-order valence-electron chi connectivity index (χ0n) is 12.0. The first-order chi connectivity index (χ1) is 9.65. The number of ether oxygens (including phenoxy) is 1. The summed E-state index contributed by atoms with van der Waals surface area (Å²) in [7, 11) is 1.68. The van der Waals surface area contributed by atoms with Crippen molar-refractivity contribution >= 4 is 23.8 Å². The molecule has 1 rings (SSSR count). The standard InChI is InChI=1S/C13H24N2O4S/c1-19-7-4-2-3-5-14-13(18)15-6-8-20-10-11(15)9-12(16)17/h11H,2-10H2,1H3,(H,14,18)(H,16,17). The Morgan fingerprint density at radius 1 is 1.40 bits per heavy atom. The largest absolute Gasteiger partial charge is 0.481 e. The van der Waals surface area contributed by atoms with E-state index < -0.39 is 5.97 Å². The van der Waals surface area contributed by atoms with Crippen molar-refractivity contribution in [1.29, 1.82) is 0 Å². The lowest BCUT2D eigenvalue weighted by atomic mass is 10.2. The number of hydrogen-bond donors (Lipinski definition) is 2. The number of urea groups is 1. The number of rotatable bonds is 8. The van der Waals surface area contributed by atoms with E-state index in [9.17, 15) is 9.59 Å². The second kappa shape index (κ2) is 9.88. The topological polar surface area (TPSA) is 78.9 Å². The number of thioether (sulfide) groups is 1. The third-order valence-corrected chi connectivity index (χ3v) is 4.29. The van der Waals surface area contributed by atoms with Gasteiger partial charge in [-0.15, -0.1) is 0 Å². The summed E-state index contributed by atoms with van der Waals surface area (Å²) in [6.45, 7) is 2.00. The SMILES string of the molecule is COCCCCCNC(=O)N1CCSCC1CC(=O)O. The molecular formula is C13H24N2O4S. The Labute approximate surface area is 124 Å². The molecule has 0 aromatic heterocycles. The Hall–Kier alpha value is -0.950. The highest BCUT2D eigenvalue weighted by molar-refractivity contribution is 7.99. The summed E-state index contributed by atoms with van der Waals surface area (Å²) in [4.78, 5) is 24.6. The van der Waals surface area contributed by atoms with Crippen LogP contribution in [0.2, 0.25) is 0 Å². The Morgan fingerprint density at radius 3 is 2.90 bits per heavy atom. The predicted molar refractivity (Wildman–Crippen MR) is 79.2 cm³/mol. The monoisotopic (exact) mass is 304 g/mol. The van der Waals surface area contributed by atoms with Gasteiger partial charge in [-0.25, -0.2) is 4.79 Å². The first-order valence-corrected chi connectivity index (χ1v) is 8.13. The van der Waals surface area contributed by atoms with E-state index in [0.29, 0.717) is 18.8 Å². The number of hydrogen-bond acceptors (Lipinski definition) is 4. The van der Waals surface area contributed by atoms with Crippen LogP contribution in [-0.4, -0.2) is 66.4 Å². The van der Waals surface area contributed by atoms with Gasteiger partial charge >= 0.3 is 12.0 Å². The summed E-state index contributed by atoms with van der Waals surface area (Å²) in [6, 6.07) is -0.331. The summed E-state index contributed by atoms with van der Waals surface area (Å²) in [6.07, 6.45) is 2.95. The van der Waals surface area contributed by atoms with Gasteiger partial charge < -0.3 is 20.1 Å². The third-order valence-electron chi connectivity index (χ3n) is 3.20. The van der Waals surface area contributed by atoms with Crippen LogP contribution in [-0.2, 0) is 9.53 Å². The minimum atomic E-state index is -0.852. The van der Waals surface area contributed by atoms with Crippen molar-refractivity contribution in [3.05, 3.63) is 0 Å². The zero-order valence-corrected chi connectivity index (χ0v) is 12.8. The Balaban J connectivity index is 2.26. The average molecular weight is 304 g/mol. The lowest BCUT2D eigenvalue weighted by molar-refractivity contribution is -0.137. The number of unbranched alkanes of at least 4 members (excludes halogenated alkanes) is 2. The van der Waals surface area contributed by atoms with E-state index in [1.807, 2.05) is 0 Å². The number of carbonyl (C=O) groups excluding carboxylic acids is 1. The lowest BCUT2D eigenvalue weighted by Gasteiger charge is -2.34. The molecule has 0 aromatic rings. The van der Waals surface area contributed by atoms with E-state index >= 15 is 0 Å². The van der Waals surface area contributed by atoms with Crippen LogP contribution in [0, 0.1) is 0 Å². The van der Waals surface area contributed by atoms with Crippen LogP contribution in [0.4, 0.5) is 4.79 Å². The van der Waals surface area contributed by atoms with E-state index in [4.69, 9.17) is 9.84 Å². The number of nitrogens with one attached hydrogen (secondary N) is 1. The first-order valence-electron chi connectivity index (χ1n) is 6.98. The molecule has 1 heterocycles. The number of carboxylic acid groups (broad SMARTS) is 1. The molecule has 0 bridgehead atoms. The minimum Gasteiger partial charge on any atom is -0.481 e. The second-order valence-corrected chi connectivity index (χ2v) is 5.96. The molecule has 1 aliphatic rings. The molecule has 20 heavy (non-hydrogen) atoms. The summed E-state index contributed by atoms with van der Waals surface area (Å²) in [5.74, 6) is 0.722. The summed E-state index contributed by atoms with van der Waals surface area (Å²) in [5, 5.41) is 11.8. The van der Waals surface area contributed by atoms with Crippen LogP contribution in [0.5, 0.6) is 0 Å². The van der Waals surface area contributed by atoms with Crippen molar-refractivity contribution in [3.63, 3.8) is 0 Å². The molecule has 0 aliphatic carbocycles. The molecule has 1 unspecified atom stereocenters. The first kappa shape index (κ1) is 17.1. The van der Waals surface area contributed by atoms with Crippen LogP contribution in [0.15, 0.2) is 0 Å². The quantitative estimate of drug-likeness (QED) is 0.663. The Kier molecular flexibility index (Phi) is 8.45. The number of aliphatic carboxylic acids is 1. The van der Waals surface area contributed by atoms with Gasteiger partial charge in [-0.3, -0.25) is 4.79 Å². The fraction of sp³-hybridized carbons (Fsp3) is 0.846. The fourth-order valence-electron chi connectivity index (χ4n) is 2.14. The average Bonchev–Trinajstić information content (AvgIpc) is 2.42. The van der Waals surface area contributed by atoms with E-state index in [-0.39, 0.29) is 18.5 Å². The molecule has 2 N–H and O–H groups in total. The van der Waals surface area contributed by atoms with Crippen LogP contribution >= 0.6 is 11.8 Å². The normalized spacial score (nSPS) is 18.9. The van der Waals surface area contributed by atoms with Crippen molar-refractivity contribution < 1.29 is 19.4 Å². The maximum atomic E-state index is 12.1. The molecule has 7 heteroatoms. The second-order valence-electron chi connectivity index (χ2n) is 4.81. The highest BCUT2D eigenvalue weighted by atomic mass is 32.2. The van der Waals surface area contributed by atoms with Crippen LogP contribution in [0.1, 0.15) is 25.7 Å². The van der Waals surface area contributed by atoms with E-state index in [2.05, 4.69) is 5.32 Å². The van der Waals surface area contributed by atoms with Gasteiger partial charge in [-0.1, -0.05) is 0 Å². The number of carboxylic acids is 1. The van der Waals surface area contributed by atoms with Crippen LogP contribution in [0.3, 0.4) is 0 Å². The smallest absolute Gasteiger partial charge is 0.317 e. The molecule has 2 amide bonds. The highest BCUT2D eigenvalue weighted by Crippen LogP contribution is 2.19. The van der Waals surface area contributed by atoms with Crippen LogP contribution < -0.4 is 5.32 Å². The molecule has 0 spiro atoms. The highest BCUT2D eigenvalue weighted by Gasteiger charge is 2.28. The van der Waals surface area contributed by atoms with E-state index in [0.717, 1.165) is 31.6 Å². The van der Waals surface area contributed by atoms with Crippen molar-refractivity contribution in [3.8, 4) is 0 Å². The fourth-order valence-corrected chi connectivity index (χ4v) is 3.20. The van der Waals surface area contributed by atoms with Crippen LogP contribution in [0.25, 0.3) is 0 Å². The molecule has 0 radical (unpaired) electrons. The molecule has 116 valence electrons. The van der Waals surface area contributed by atoms with Gasteiger partial charge in [0.25, 0.3) is 0 Å². The van der Waals surface area contributed by atoms with Gasteiger partial charge in [0.2, 0.25) is 0 Å². The van der Waals surface area contributed by atoms with Gasteiger partial charge in [0.15, 0.2) is 0 Å². The molecular weight excluding hydrogens is 280 g/mol. The number of amides is 2. The Morgan fingerprint density at radius 2 is 2.20 bits per heavy atom. The summed E-state index contributed by atoms with van der Waals surface area (Å²) in [5.41, 5.74) is 0. The molecule has 1 aliphatic heterocycles. The lowest BCUT2D eigenvalue weighted by Crippen LogP contribution is -2.51. The van der Waals surface area contributed by atoms with Gasteiger partial charge in [0, 0.05) is 38.3 Å². The van der Waals surface area contributed by atoms with Crippen molar-refractivity contribution in [1.82, 2.24) is 10.2 Å². The maximum Gasteiger partial charge on any atom is 0.317 e. The van der Waals surface area contributed by atoms with Crippen molar-refractivity contribution in [2.24, 2.45) is 0 Å². The van der Waals surface area contributed by atoms with E-state index in [1.54, 1.807) is 23.8 Å². The molecule has 1 atom stereocenters. The van der Waals surface area contributed by atoms with E-state index in [1.165, 1.54) is 0 Å². The molecule has 0 aromatic carbocycles. The number of nitrogens with zero attached hydrogens (tertiary/aromatic N) is 1. The molecule has 1 fully saturated rings. The van der Waals surface area contributed by atoms with Gasteiger partial charge in [0.1, 0.15) is 0 Å². The van der Waals surface area contributed by atoms with Crippen molar-refractivity contribution in [2.75, 3.05) is 38.3 Å². The summed E-state index contributed by atoms with van der Waals surface area (Å²) >= 11 is 1.70. The summed E-state index contributed by atoms with van der Waals surface area (Å²) < 4.78 is 4.96. The number of carbonyl (C=O) groups is 2. The third kappa shape index (κ3) is 6.47. The molecule has 6 nitrogen and oxygen atoms in total. The predicted octanol–water partition coefficient (Wildman–Crippen LogP) is 1.40. The Bertz CT molecular complexity index is 315. The molecule has 1 saturated heterocycles. The van der Waals surface area contributed by atoms with Gasteiger partial charge in [-0.2, -0.15) is 11.8 Å².